The third-order valence-electron chi connectivity index (χ3n) is 6.84. The van der Waals surface area contributed by atoms with Crippen molar-refractivity contribution in [2.24, 2.45) is 0 Å². The number of benzene rings is 1. The van der Waals surface area contributed by atoms with Crippen LogP contribution in [0, 0.1) is 6.92 Å². The van der Waals surface area contributed by atoms with Gasteiger partial charge in [-0.15, -0.1) is 0 Å². The average Bonchev–Trinajstić information content (AvgIpc) is 2.91. The lowest BCUT2D eigenvalue weighted by Crippen LogP contribution is -2.48. The van der Waals surface area contributed by atoms with Crippen molar-refractivity contribution in [3.63, 3.8) is 0 Å². The van der Waals surface area contributed by atoms with E-state index in [1.54, 1.807) is 17.3 Å². The maximum Gasteiger partial charge on any atom is 0.248 e. The molecule has 0 radical (unpaired) electrons. The second-order valence-electron chi connectivity index (χ2n) is 10.1. The Morgan fingerprint density at radius 2 is 1.84 bits per heavy atom. The number of carbonyl (C=O) groups is 2. The van der Waals surface area contributed by atoms with Gasteiger partial charge in [0.2, 0.25) is 11.8 Å². The summed E-state index contributed by atoms with van der Waals surface area (Å²) in [5.74, 6) is -0.314. The Bertz CT molecular complexity index is 1130. The first-order chi connectivity index (χ1) is 18.4. The van der Waals surface area contributed by atoms with E-state index in [-0.39, 0.29) is 24.4 Å². The highest BCUT2D eigenvalue weighted by atomic mass is 16.2. The van der Waals surface area contributed by atoms with Gasteiger partial charge in [0.1, 0.15) is 6.04 Å². The first kappa shape index (κ1) is 29.1. The van der Waals surface area contributed by atoms with E-state index < -0.39 is 6.04 Å². The summed E-state index contributed by atoms with van der Waals surface area (Å²) in [6.07, 6.45) is 15.3. The van der Waals surface area contributed by atoms with Gasteiger partial charge in [-0.2, -0.15) is 0 Å². The number of carbonyl (C=O) groups excluding carboxylic acids is 2. The van der Waals surface area contributed by atoms with Crippen LogP contribution in [0.5, 0.6) is 0 Å². The minimum atomic E-state index is -0.797. The molecule has 1 fully saturated rings. The third kappa shape index (κ3) is 8.52. The van der Waals surface area contributed by atoms with Gasteiger partial charge >= 0.3 is 0 Å². The molecule has 1 aliphatic carbocycles. The Hall–Kier alpha value is -3.51. The number of pyridine rings is 1. The Morgan fingerprint density at radius 3 is 2.50 bits per heavy atom. The highest BCUT2D eigenvalue weighted by Gasteiger charge is 2.35. The fourth-order valence-corrected chi connectivity index (χ4v) is 4.94. The van der Waals surface area contributed by atoms with Gasteiger partial charge in [0.25, 0.3) is 0 Å². The molecule has 1 heterocycles. The number of rotatable bonds is 12. The molecule has 1 aliphatic rings. The molecule has 1 aromatic carbocycles. The van der Waals surface area contributed by atoms with Crippen LogP contribution in [0.3, 0.4) is 0 Å². The van der Waals surface area contributed by atoms with E-state index >= 15 is 0 Å². The minimum absolute atomic E-state index is 0.106. The van der Waals surface area contributed by atoms with Gasteiger partial charge in [0.15, 0.2) is 0 Å². The van der Waals surface area contributed by atoms with E-state index in [2.05, 4.69) is 22.2 Å². The van der Waals surface area contributed by atoms with Crippen LogP contribution in [-0.4, -0.2) is 40.8 Å². The van der Waals surface area contributed by atoms with Gasteiger partial charge < -0.3 is 10.6 Å². The highest BCUT2D eigenvalue weighted by molar-refractivity contribution is 5.91. The van der Waals surface area contributed by atoms with E-state index in [1.807, 2.05) is 75.4 Å². The van der Waals surface area contributed by atoms with E-state index in [0.29, 0.717) is 12.2 Å². The minimum Gasteiger partial charge on any atom is -0.351 e. The summed E-state index contributed by atoms with van der Waals surface area (Å²) in [6.45, 7) is 10.6. The van der Waals surface area contributed by atoms with Gasteiger partial charge in [0.05, 0.1) is 6.54 Å². The van der Waals surface area contributed by atoms with Crippen molar-refractivity contribution in [1.29, 1.82) is 0 Å². The number of hydrogen-bond donors (Lipinski definition) is 2. The second kappa shape index (κ2) is 15.0. The van der Waals surface area contributed by atoms with Crippen LogP contribution in [0.15, 0.2) is 84.9 Å². The number of aromatic nitrogens is 1. The summed E-state index contributed by atoms with van der Waals surface area (Å²) in [4.78, 5) is 33.7. The summed E-state index contributed by atoms with van der Waals surface area (Å²) in [7, 11) is 0. The number of nitrogens with zero attached hydrogens (tertiary/aromatic N) is 2. The molecule has 2 N–H and O–H groups in total. The standard InChI is InChI=1S/C32H42N4O2/c1-5-11-28(22-24(2)3)36(30(37)23-34-21-18-26-16-19-33-20-17-26)31(29-15-10-9-12-25(29)4)32(38)35-27-13-7-6-8-14-27/h5,9-12,15-17,19-20,22,27,31,34H,2,6-8,13-14,18,21,23H2,1,3-4H3,(H,35,38). The smallest absolute Gasteiger partial charge is 0.248 e. The van der Waals surface area contributed by atoms with Crippen LogP contribution in [0.4, 0.5) is 0 Å². The van der Waals surface area contributed by atoms with E-state index in [9.17, 15) is 9.59 Å². The van der Waals surface area contributed by atoms with Crippen LogP contribution in [0.1, 0.15) is 68.7 Å². The molecular weight excluding hydrogens is 472 g/mol. The molecule has 6 heteroatoms. The van der Waals surface area contributed by atoms with Gasteiger partial charge in [0, 0.05) is 24.1 Å². The summed E-state index contributed by atoms with van der Waals surface area (Å²) in [5.41, 5.74) is 4.39. The maximum absolute atomic E-state index is 14.0. The quantitative estimate of drug-likeness (QED) is 0.287. The molecule has 38 heavy (non-hydrogen) atoms. The van der Waals surface area contributed by atoms with Crippen molar-refractivity contribution in [2.75, 3.05) is 13.1 Å². The van der Waals surface area contributed by atoms with Crippen LogP contribution < -0.4 is 10.6 Å². The van der Waals surface area contributed by atoms with Gasteiger partial charge in [-0.05, 0) is 87.6 Å². The van der Waals surface area contributed by atoms with Gasteiger partial charge in [-0.3, -0.25) is 19.5 Å². The highest BCUT2D eigenvalue weighted by Crippen LogP contribution is 2.30. The predicted molar refractivity (Wildman–Crippen MR) is 154 cm³/mol. The molecule has 2 aromatic rings. The summed E-state index contributed by atoms with van der Waals surface area (Å²) >= 11 is 0. The number of hydrogen-bond acceptors (Lipinski definition) is 4. The first-order valence-corrected chi connectivity index (χ1v) is 13.7. The Balaban J connectivity index is 1.94. The molecule has 3 rings (SSSR count). The monoisotopic (exact) mass is 514 g/mol. The van der Waals surface area contributed by atoms with E-state index in [0.717, 1.165) is 54.4 Å². The largest absolute Gasteiger partial charge is 0.351 e. The SMILES string of the molecule is C=C(C)C=C(C=CC)N(C(=O)CNCCc1ccncc1)C(C(=O)NC1CCCCC1)c1ccccc1C. The first-order valence-electron chi connectivity index (χ1n) is 13.7. The van der Waals surface area contributed by atoms with Crippen LogP contribution >= 0.6 is 0 Å². The molecule has 2 amide bonds. The van der Waals surface area contributed by atoms with Crippen molar-refractivity contribution in [1.82, 2.24) is 20.5 Å². The zero-order valence-electron chi connectivity index (χ0n) is 23.1. The Morgan fingerprint density at radius 1 is 1.13 bits per heavy atom. The molecule has 0 saturated heterocycles. The molecule has 6 nitrogen and oxygen atoms in total. The predicted octanol–water partition coefficient (Wildman–Crippen LogP) is 5.58. The summed E-state index contributed by atoms with van der Waals surface area (Å²) in [6, 6.07) is 11.1. The van der Waals surface area contributed by atoms with E-state index in [4.69, 9.17) is 0 Å². The molecule has 202 valence electrons. The number of aryl methyl sites for hydroxylation is 1. The average molecular weight is 515 g/mol. The van der Waals surface area contributed by atoms with Crippen molar-refractivity contribution in [3.05, 3.63) is 102 Å². The molecule has 1 aromatic heterocycles. The van der Waals surface area contributed by atoms with Gasteiger partial charge in [-0.25, -0.2) is 0 Å². The van der Waals surface area contributed by atoms with Crippen LogP contribution in [0.25, 0.3) is 0 Å². The molecule has 1 atom stereocenters. The zero-order valence-corrected chi connectivity index (χ0v) is 23.1. The lowest BCUT2D eigenvalue weighted by molar-refractivity contribution is -0.138. The fraction of sp³-hybridized carbons (Fsp3) is 0.406. The summed E-state index contributed by atoms with van der Waals surface area (Å²) in [5, 5.41) is 6.57. The number of amides is 2. The molecule has 0 spiro atoms. The zero-order chi connectivity index (χ0) is 27.3. The molecule has 1 unspecified atom stereocenters. The van der Waals surface area contributed by atoms with E-state index in [1.165, 1.54) is 6.42 Å². The van der Waals surface area contributed by atoms with Crippen molar-refractivity contribution in [2.45, 2.75) is 71.4 Å². The second-order valence-corrected chi connectivity index (χ2v) is 10.1. The topological polar surface area (TPSA) is 74.3 Å². The summed E-state index contributed by atoms with van der Waals surface area (Å²) < 4.78 is 0. The molecule has 0 aliphatic heterocycles. The third-order valence-corrected chi connectivity index (χ3v) is 6.84. The van der Waals surface area contributed by atoms with Crippen molar-refractivity contribution in [3.8, 4) is 0 Å². The fourth-order valence-electron chi connectivity index (χ4n) is 4.94. The Labute approximate surface area is 227 Å². The van der Waals surface area contributed by atoms with Crippen molar-refractivity contribution < 1.29 is 9.59 Å². The molecule has 0 bridgehead atoms. The van der Waals surface area contributed by atoms with Crippen LogP contribution in [-0.2, 0) is 16.0 Å². The molecule has 1 saturated carbocycles. The van der Waals surface area contributed by atoms with Crippen LogP contribution in [0.2, 0.25) is 0 Å². The lowest BCUT2D eigenvalue weighted by atomic mass is 9.93. The number of nitrogens with one attached hydrogen (secondary N) is 2. The number of allylic oxidation sites excluding steroid dienone is 4. The molecular formula is C32H42N4O2. The van der Waals surface area contributed by atoms with Crippen molar-refractivity contribution >= 4 is 11.8 Å². The lowest BCUT2D eigenvalue weighted by Gasteiger charge is -2.35. The normalized spacial score (nSPS) is 15.3. The Kier molecular flexibility index (Phi) is 11.5. The van der Waals surface area contributed by atoms with Gasteiger partial charge in [-0.1, -0.05) is 61.8 Å². The maximum atomic E-state index is 14.0.